The normalized spacial score (nSPS) is 17.6. The number of hydrogen-bond donors (Lipinski definition) is 0. The fourth-order valence-corrected chi connectivity index (χ4v) is 1.83. The van der Waals surface area contributed by atoms with Crippen molar-refractivity contribution >= 4 is 6.41 Å². The van der Waals surface area contributed by atoms with E-state index in [4.69, 9.17) is 4.84 Å². The Morgan fingerprint density at radius 2 is 2.15 bits per heavy atom. The predicted molar refractivity (Wildman–Crippen MR) is 51.0 cm³/mol. The largest absolute Gasteiger partial charge is 0.276 e. The standard InChI is InChI=1S/C10H19NO2/c1-2-11(9-12)13-8-7-10-5-3-4-6-10/h9-10H,2-8H2,1H3. The van der Waals surface area contributed by atoms with E-state index in [1.165, 1.54) is 30.7 Å². The Labute approximate surface area is 80.0 Å². The number of carbonyl (C=O) groups excluding carboxylic acids is 1. The third-order valence-electron chi connectivity index (χ3n) is 2.69. The quantitative estimate of drug-likeness (QED) is 0.468. The van der Waals surface area contributed by atoms with Crippen LogP contribution in [0.5, 0.6) is 0 Å². The molecule has 0 unspecified atom stereocenters. The Balaban J connectivity index is 2.01. The first kappa shape index (κ1) is 10.5. The molecule has 0 aliphatic heterocycles. The van der Waals surface area contributed by atoms with Gasteiger partial charge in [0, 0.05) is 6.54 Å². The molecular formula is C10H19NO2. The Morgan fingerprint density at radius 1 is 1.46 bits per heavy atom. The second-order valence-electron chi connectivity index (χ2n) is 3.61. The third kappa shape index (κ3) is 3.77. The Hall–Kier alpha value is -0.570. The first-order valence-electron chi connectivity index (χ1n) is 5.21. The fourth-order valence-electron chi connectivity index (χ4n) is 1.83. The van der Waals surface area contributed by atoms with Crippen molar-refractivity contribution in [1.29, 1.82) is 0 Å². The van der Waals surface area contributed by atoms with Gasteiger partial charge in [-0.25, -0.2) is 5.06 Å². The van der Waals surface area contributed by atoms with Crippen LogP contribution in [0.4, 0.5) is 0 Å². The molecule has 0 bridgehead atoms. The van der Waals surface area contributed by atoms with E-state index in [-0.39, 0.29) is 0 Å². The summed E-state index contributed by atoms with van der Waals surface area (Å²) in [4.78, 5) is 15.6. The molecule has 0 heterocycles. The number of nitrogens with zero attached hydrogens (tertiary/aromatic N) is 1. The van der Waals surface area contributed by atoms with Crippen LogP contribution in [0.15, 0.2) is 0 Å². The van der Waals surface area contributed by atoms with E-state index in [1.54, 1.807) is 0 Å². The van der Waals surface area contributed by atoms with Gasteiger partial charge in [0.25, 0.3) is 0 Å². The fraction of sp³-hybridized carbons (Fsp3) is 0.900. The SMILES string of the molecule is CCN(C=O)OCCC1CCCC1. The van der Waals surface area contributed by atoms with Gasteiger partial charge in [0.2, 0.25) is 6.41 Å². The molecule has 1 saturated carbocycles. The summed E-state index contributed by atoms with van der Waals surface area (Å²) in [5.41, 5.74) is 0. The van der Waals surface area contributed by atoms with E-state index in [0.717, 1.165) is 18.7 Å². The summed E-state index contributed by atoms with van der Waals surface area (Å²) in [6, 6.07) is 0. The molecule has 0 atom stereocenters. The molecule has 1 amide bonds. The molecule has 1 rings (SSSR count). The minimum absolute atomic E-state index is 0.633. The first-order valence-corrected chi connectivity index (χ1v) is 5.21. The molecule has 0 spiro atoms. The summed E-state index contributed by atoms with van der Waals surface area (Å²) in [5.74, 6) is 0.838. The van der Waals surface area contributed by atoms with E-state index in [0.29, 0.717) is 13.2 Å². The van der Waals surface area contributed by atoms with Crippen LogP contribution in [0.25, 0.3) is 0 Å². The highest BCUT2D eigenvalue weighted by molar-refractivity contribution is 5.44. The second-order valence-corrected chi connectivity index (χ2v) is 3.61. The highest BCUT2D eigenvalue weighted by Gasteiger charge is 2.14. The van der Waals surface area contributed by atoms with Crippen LogP contribution in [-0.4, -0.2) is 24.6 Å². The lowest BCUT2D eigenvalue weighted by Gasteiger charge is -2.15. The molecule has 0 saturated heterocycles. The zero-order valence-electron chi connectivity index (χ0n) is 8.37. The zero-order chi connectivity index (χ0) is 9.52. The van der Waals surface area contributed by atoms with Crippen LogP contribution >= 0.6 is 0 Å². The van der Waals surface area contributed by atoms with Gasteiger partial charge in [-0.3, -0.25) is 9.63 Å². The van der Waals surface area contributed by atoms with E-state index in [9.17, 15) is 4.79 Å². The van der Waals surface area contributed by atoms with Crippen molar-refractivity contribution in [3.05, 3.63) is 0 Å². The van der Waals surface area contributed by atoms with E-state index < -0.39 is 0 Å². The lowest BCUT2D eigenvalue weighted by atomic mass is 10.1. The van der Waals surface area contributed by atoms with Gasteiger partial charge in [0.05, 0.1) is 6.61 Å². The lowest BCUT2D eigenvalue weighted by Crippen LogP contribution is -2.22. The summed E-state index contributed by atoms with van der Waals surface area (Å²) >= 11 is 0. The summed E-state index contributed by atoms with van der Waals surface area (Å²) in [6.45, 7) is 3.23. The second kappa shape index (κ2) is 5.97. The molecule has 1 fully saturated rings. The van der Waals surface area contributed by atoms with Gasteiger partial charge in [0.15, 0.2) is 0 Å². The topological polar surface area (TPSA) is 29.5 Å². The molecule has 3 heteroatoms. The molecule has 0 aromatic rings. The molecule has 0 aromatic carbocycles. The van der Waals surface area contributed by atoms with E-state index >= 15 is 0 Å². The minimum Gasteiger partial charge on any atom is -0.276 e. The molecule has 13 heavy (non-hydrogen) atoms. The summed E-state index contributed by atoms with van der Waals surface area (Å²) in [5, 5.41) is 1.36. The average Bonchev–Trinajstić information content (AvgIpc) is 2.65. The van der Waals surface area contributed by atoms with Crippen LogP contribution in [0.2, 0.25) is 0 Å². The molecule has 1 aliphatic rings. The maximum absolute atomic E-state index is 10.4. The number of carbonyl (C=O) groups is 1. The Kier molecular flexibility index (Phi) is 4.83. The maximum atomic E-state index is 10.4. The van der Waals surface area contributed by atoms with Crippen LogP contribution in [0.1, 0.15) is 39.0 Å². The van der Waals surface area contributed by atoms with Crippen LogP contribution in [0.3, 0.4) is 0 Å². The molecular weight excluding hydrogens is 166 g/mol. The number of hydroxylamine groups is 2. The van der Waals surface area contributed by atoms with E-state index in [1.807, 2.05) is 6.92 Å². The van der Waals surface area contributed by atoms with Crippen molar-refractivity contribution in [3.8, 4) is 0 Å². The third-order valence-corrected chi connectivity index (χ3v) is 2.69. The highest BCUT2D eigenvalue weighted by Crippen LogP contribution is 2.27. The first-order chi connectivity index (χ1) is 6.36. The van der Waals surface area contributed by atoms with Crippen molar-refractivity contribution in [1.82, 2.24) is 5.06 Å². The lowest BCUT2D eigenvalue weighted by molar-refractivity contribution is -0.171. The van der Waals surface area contributed by atoms with Gasteiger partial charge in [-0.15, -0.1) is 0 Å². The van der Waals surface area contributed by atoms with Crippen molar-refractivity contribution < 1.29 is 9.63 Å². The number of amides is 1. The van der Waals surface area contributed by atoms with Crippen molar-refractivity contribution in [2.75, 3.05) is 13.2 Å². The van der Waals surface area contributed by atoms with Crippen molar-refractivity contribution in [2.24, 2.45) is 5.92 Å². The molecule has 76 valence electrons. The Morgan fingerprint density at radius 3 is 2.69 bits per heavy atom. The molecule has 0 aromatic heterocycles. The molecule has 0 N–H and O–H groups in total. The van der Waals surface area contributed by atoms with Gasteiger partial charge in [0.1, 0.15) is 0 Å². The summed E-state index contributed by atoms with van der Waals surface area (Å²) in [6.07, 6.45) is 7.28. The Bertz CT molecular complexity index is 144. The van der Waals surface area contributed by atoms with Gasteiger partial charge in [-0.1, -0.05) is 25.7 Å². The summed E-state index contributed by atoms with van der Waals surface area (Å²) < 4.78 is 0. The van der Waals surface area contributed by atoms with Gasteiger partial charge in [-0.05, 0) is 19.3 Å². The van der Waals surface area contributed by atoms with Crippen LogP contribution in [-0.2, 0) is 9.63 Å². The van der Waals surface area contributed by atoms with Crippen molar-refractivity contribution in [3.63, 3.8) is 0 Å². The predicted octanol–water partition coefficient (Wildman–Crippen LogP) is 1.98. The minimum atomic E-state index is 0.633. The van der Waals surface area contributed by atoms with Gasteiger partial charge in [-0.2, -0.15) is 0 Å². The number of rotatable bonds is 6. The molecule has 1 aliphatic carbocycles. The highest BCUT2D eigenvalue weighted by atomic mass is 16.7. The van der Waals surface area contributed by atoms with Gasteiger partial charge < -0.3 is 0 Å². The average molecular weight is 185 g/mol. The van der Waals surface area contributed by atoms with E-state index in [2.05, 4.69) is 0 Å². The summed E-state index contributed by atoms with van der Waals surface area (Å²) in [7, 11) is 0. The van der Waals surface area contributed by atoms with Gasteiger partial charge >= 0.3 is 0 Å². The smallest absolute Gasteiger partial charge is 0.233 e. The van der Waals surface area contributed by atoms with Crippen molar-refractivity contribution in [2.45, 2.75) is 39.0 Å². The zero-order valence-corrected chi connectivity index (χ0v) is 8.37. The monoisotopic (exact) mass is 185 g/mol. The number of hydrogen-bond acceptors (Lipinski definition) is 2. The maximum Gasteiger partial charge on any atom is 0.233 e. The van der Waals surface area contributed by atoms with Crippen LogP contribution in [0, 0.1) is 5.92 Å². The molecule has 0 radical (unpaired) electrons. The molecule has 3 nitrogen and oxygen atoms in total. The van der Waals surface area contributed by atoms with Crippen LogP contribution < -0.4 is 0 Å².